The van der Waals surface area contributed by atoms with Crippen LogP contribution in [0.5, 0.6) is 0 Å². The van der Waals surface area contributed by atoms with Crippen LogP contribution in [0.2, 0.25) is 0 Å². The summed E-state index contributed by atoms with van der Waals surface area (Å²) in [6, 6.07) is 0. The molecule has 0 amide bonds. The molecule has 1 aliphatic rings. The second-order valence-corrected chi connectivity index (χ2v) is 1.80. The van der Waals surface area contributed by atoms with E-state index in [1.807, 2.05) is 42.5 Å². The topological polar surface area (TPSA) is 26.0 Å². The lowest BCUT2D eigenvalue weighted by Crippen LogP contribution is -1.90. The Labute approximate surface area is 54.9 Å². The molecule has 0 aromatic heterocycles. The van der Waals surface area contributed by atoms with Gasteiger partial charge in [-0.25, -0.2) is 0 Å². The van der Waals surface area contributed by atoms with Crippen LogP contribution < -0.4 is 5.73 Å². The largest absolute Gasteiger partial charge is 0.399 e. The minimum atomic E-state index is 0.788. The van der Waals surface area contributed by atoms with Crippen LogP contribution in [0.3, 0.4) is 0 Å². The average molecular weight is 119 g/mol. The molecule has 0 atom stereocenters. The van der Waals surface area contributed by atoms with E-state index >= 15 is 0 Å². The van der Waals surface area contributed by atoms with E-state index in [-0.39, 0.29) is 0 Å². The van der Waals surface area contributed by atoms with Crippen LogP contribution in [0, 0.1) is 0 Å². The lowest BCUT2D eigenvalue weighted by Gasteiger charge is -1.88. The predicted octanol–water partition coefficient (Wildman–Crippen LogP) is 1.51. The Bertz CT molecular complexity index is 195. The summed E-state index contributed by atoms with van der Waals surface area (Å²) in [7, 11) is 0. The van der Waals surface area contributed by atoms with Crippen molar-refractivity contribution < 1.29 is 0 Å². The first-order valence-corrected chi connectivity index (χ1v) is 2.87. The molecule has 0 aliphatic heterocycles. The highest BCUT2D eigenvalue weighted by atomic mass is 14.5. The summed E-state index contributed by atoms with van der Waals surface area (Å²) < 4.78 is 0. The van der Waals surface area contributed by atoms with Crippen molar-refractivity contribution in [3.8, 4) is 0 Å². The fourth-order valence-corrected chi connectivity index (χ4v) is 0.581. The zero-order valence-electron chi connectivity index (χ0n) is 5.12. The van der Waals surface area contributed by atoms with E-state index in [4.69, 9.17) is 5.73 Å². The number of rotatable bonds is 0. The Kier molecular flexibility index (Phi) is 1.91. The van der Waals surface area contributed by atoms with Crippen molar-refractivity contribution in [3.05, 3.63) is 48.2 Å². The normalized spacial score (nSPS) is 33.1. The average Bonchev–Trinajstić information content (AvgIpc) is 1.79. The van der Waals surface area contributed by atoms with Crippen LogP contribution in [0.25, 0.3) is 0 Å². The fraction of sp³-hybridized carbons (Fsp3) is 0. The maximum Gasteiger partial charge on any atom is 0.0313 e. The molecule has 0 aromatic carbocycles. The zero-order chi connectivity index (χ0) is 6.53. The molecule has 0 radical (unpaired) electrons. The van der Waals surface area contributed by atoms with Gasteiger partial charge in [0, 0.05) is 5.70 Å². The molecule has 0 saturated heterocycles. The van der Waals surface area contributed by atoms with Crippen molar-refractivity contribution >= 4 is 0 Å². The number of hydrogen-bond donors (Lipinski definition) is 1. The molecule has 9 heavy (non-hydrogen) atoms. The van der Waals surface area contributed by atoms with Crippen LogP contribution in [0.4, 0.5) is 0 Å². The Balaban J connectivity index is 2.77. The van der Waals surface area contributed by atoms with Crippen molar-refractivity contribution in [2.24, 2.45) is 5.73 Å². The van der Waals surface area contributed by atoms with Gasteiger partial charge in [-0.1, -0.05) is 30.4 Å². The van der Waals surface area contributed by atoms with Crippen LogP contribution in [0.15, 0.2) is 48.2 Å². The molecular weight excluding hydrogens is 110 g/mol. The molecule has 0 spiro atoms. The van der Waals surface area contributed by atoms with Crippen molar-refractivity contribution in [2.75, 3.05) is 0 Å². The Morgan fingerprint density at radius 2 is 1.56 bits per heavy atom. The highest BCUT2D eigenvalue weighted by Gasteiger charge is 1.77. The molecule has 1 nitrogen and oxygen atoms in total. The third kappa shape index (κ3) is 2.00. The van der Waals surface area contributed by atoms with E-state index in [0.29, 0.717) is 0 Å². The first-order valence-electron chi connectivity index (χ1n) is 2.87. The lowest BCUT2D eigenvalue weighted by molar-refractivity contribution is 1.42. The van der Waals surface area contributed by atoms with Gasteiger partial charge in [0.2, 0.25) is 0 Å². The van der Waals surface area contributed by atoms with Crippen molar-refractivity contribution in [3.63, 3.8) is 0 Å². The fourth-order valence-electron chi connectivity index (χ4n) is 0.581. The minimum absolute atomic E-state index is 0.788. The second kappa shape index (κ2) is 2.92. The van der Waals surface area contributed by atoms with Gasteiger partial charge >= 0.3 is 0 Å². The summed E-state index contributed by atoms with van der Waals surface area (Å²) in [4.78, 5) is 0. The quantitative estimate of drug-likeness (QED) is 0.514. The molecule has 0 bridgehead atoms. The highest BCUT2D eigenvalue weighted by molar-refractivity contribution is 5.28. The summed E-state index contributed by atoms with van der Waals surface area (Å²) in [6.45, 7) is 0. The van der Waals surface area contributed by atoms with Crippen molar-refractivity contribution in [1.82, 2.24) is 0 Å². The van der Waals surface area contributed by atoms with Gasteiger partial charge in [-0.2, -0.15) is 0 Å². The summed E-state index contributed by atoms with van der Waals surface area (Å²) in [5.41, 5.74) is 6.28. The molecular formula is C8H9N. The lowest BCUT2D eigenvalue weighted by atomic mass is 10.3. The van der Waals surface area contributed by atoms with E-state index in [9.17, 15) is 0 Å². The molecule has 0 aromatic rings. The summed E-state index contributed by atoms with van der Waals surface area (Å²) in [5, 5.41) is 0. The Morgan fingerprint density at radius 3 is 2.44 bits per heavy atom. The molecule has 1 heteroatoms. The number of allylic oxidation sites excluding steroid dienone is 7. The van der Waals surface area contributed by atoms with Gasteiger partial charge in [-0.15, -0.1) is 0 Å². The molecule has 0 fully saturated rings. The molecule has 0 saturated carbocycles. The summed E-state index contributed by atoms with van der Waals surface area (Å²) in [5.74, 6) is 0. The van der Waals surface area contributed by atoms with Gasteiger partial charge in [0.15, 0.2) is 0 Å². The van der Waals surface area contributed by atoms with Gasteiger partial charge in [-0.05, 0) is 12.2 Å². The van der Waals surface area contributed by atoms with Crippen LogP contribution in [-0.4, -0.2) is 0 Å². The maximum absolute atomic E-state index is 5.49. The van der Waals surface area contributed by atoms with Crippen LogP contribution in [0.1, 0.15) is 0 Å². The second-order valence-electron chi connectivity index (χ2n) is 1.80. The van der Waals surface area contributed by atoms with E-state index in [1.54, 1.807) is 0 Å². The predicted molar refractivity (Wildman–Crippen MR) is 39.7 cm³/mol. The SMILES string of the molecule is NC1=C\C=C/C=C\C=C\1. The standard InChI is InChI=1S/C8H9N/c9-8-6-4-2-1-3-5-7-8/h1-7H,9H2/b2-1-,3-1?,4-2?,5-3-,6-4+,7-5?,8-6?,8-7-. The Hall–Kier alpha value is -1.24. The maximum atomic E-state index is 5.49. The summed E-state index contributed by atoms with van der Waals surface area (Å²) in [6.07, 6.45) is 13.4. The molecule has 2 N–H and O–H groups in total. The molecule has 0 unspecified atom stereocenters. The van der Waals surface area contributed by atoms with Crippen molar-refractivity contribution in [1.29, 1.82) is 0 Å². The van der Waals surface area contributed by atoms with Crippen LogP contribution in [-0.2, 0) is 0 Å². The zero-order valence-corrected chi connectivity index (χ0v) is 5.12. The third-order valence-electron chi connectivity index (χ3n) is 1.02. The van der Waals surface area contributed by atoms with Crippen molar-refractivity contribution in [2.45, 2.75) is 0 Å². The first-order chi connectivity index (χ1) is 4.39. The first kappa shape index (κ1) is 5.89. The van der Waals surface area contributed by atoms with Gasteiger partial charge in [0.05, 0.1) is 0 Å². The smallest absolute Gasteiger partial charge is 0.0313 e. The molecule has 46 valence electrons. The number of hydrogen-bond acceptors (Lipinski definition) is 1. The van der Waals surface area contributed by atoms with E-state index in [1.165, 1.54) is 0 Å². The number of nitrogens with two attached hydrogens (primary N) is 1. The van der Waals surface area contributed by atoms with Crippen LogP contribution >= 0.6 is 0 Å². The van der Waals surface area contributed by atoms with E-state index < -0.39 is 0 Å². The van der Waals surface area contributed by atoms with Gasteiger partial charge in [0.1, 0.15) is 0 Å². The molecule has 0 heterocycles. The highest BCUT2D eigenvalue weighted by Crippen LogP contribution is 1.92. The van der Waals surface area contributed by atoms with E-state index in [2.05, 4.69) is 0 Å². The van der Waals surface area contributed by atoms with Gasteiger partial charge in [-0.3, -0.25) is 0 Å². The molecule has 1 rings (SSSR count). The van der Waals surface area contributed by atoms with Gasteiger partial charge in [0.25, 0.3) is 0 Å². The third-order valence-corrected chi connectivity index (χ3v) is 1.02. The summed E-state index contributed by atoms with van der Waals surface area (Å²) >= 11 is 0. The minimum Gasteiger partial charge on any atom is -0.399 e. The van der Waals surface area contributed by atoms with Gasteiger partial charge < -0.3 is 5.73 Å². The van der Waals surface area contributed by atoms with E-state index in [0.717, 1.165) is 5.70 Å². The monoisotopic (exact) mass is 119 g/mol. The molecule has 1 aliphatic carbocycles. The Morgan fingerprint density at radius 1 is 0.889 bits per heavy atom.